The number of pyridine rings is 1. The maximum Gasteiger partial charge on any atom is 0.416 e. The van der Waals surface area contributed by atoms with Crippen molar-refractivity contribution in [2.75, 3.05) is 7.05 Å². The molecule has 0 bridgehead atoms. The van der Waals surface area contributed by atoms with Gasteiger partial charge in [0.25, 0.3) is 0 Å². The molecule has 9 nitrogen and oxygen atoms in total. The van der Waals surface area contributed by atoms with E-state index < -0.39 is 62.0 Å². The molecule has 2 aliphatic carbocycles. The average molecular weight is 651 g/mol. The highest BCUT2D eigenvalue weighted by Crippen LogP contribution is 2.51. The Bertz CT molecular complexity index is 1920. The van der Waals surface area contributed by atoms with Gasteiger partial charge >= 0.3 is 12.7 Å². The van der Waals surface area contributed by atoms with E-state index in [1.807, 2.05) is 0 Å². The number of ketones is 1. The number of nitrogens with zero attached hydrogens (tertiary/aromatic N) is 6. The number of alkyl halides is 5. The van der Waals surface area contributed by atoms with Gasteiger partial charge in [0.15, 0.2) is 5.78 Å². The topological polar surface area (TPSA) is 103 Å². The van der Waals surface area contributed by atoms with Crippen molar-refractivity contribution in [2.45, 2.75) is 49.3 Å². The van der Waals surface area contributed by atoms with Crippen LogP contribution >= 0.6 is 0 Å². The van der Waals surface area contributed by atoms with E-state index in [0.717, 1.165) is 22.8 Å². The van der Waals surface area contributed by atoms with Crippen LogP contribution in [0.15, 0.2) is 71.7 Å². The molecular weight excluding hydrogens is 626 g/mol. The van der Waals surface area contributed by atoms with Crippen LogP contribution in [0.3, 0.4) is 0 Å². The second-order valence-electron chi connectivity index (χ2n) is 11.0. The lowest BCUT2D eigenvalue weighted by Crippen LogP contribution is -2.49. The van der Waals surface area contributed by atoms with Gasteiger partial charge in [0.2, 0.25) is 10.0 Å². The highest BCUT2D eigenvalue weighted by Gasteiger charge is 2.51. The van der Waals surface area contributed by atoms with Crippen LogP contribution in [0.5, 0.6) is 0 Å². The Hall–Kier alpha value is -4.31. The minimum absolute atomic E-state index is 0.0280. The molecule has 0 radical (unpaired) electrons. The third-order valence-corrected chi connectivity index (χ3v) is 10.3. The van der Waals surface area contributed by atoms with Crippen LogP contribution in [0.2, 0.25) is 0 Å². The van der Waals surface area contributed by atoms with Crippen molar-refractivity contribution in [2.24, 2.45) is 5.41 Å². The van der Waals surface area contributed by atoms with Gasteiger partial charge in [-0.1, -0.05) is 5.57 Å². The molecule has 3 aromatic heterocycles. The van der Waals surface area contributed by atoms with Crippen molar-refractivity contribution in [3.63, 3.8) is 0 Å². The summed E-state index contributed by atoms with van der Waals surface area (Å²) in [6.07, 6.45) is 1.13. The van der Waals surface area contributed by atoms with Gasteiger partial charge in [-0.2, -0.15) is 36.5 Å². The molecule has 16 heteroatoms. The largest absolute Gasteiger partial charge is 0.416 e. The van der Waals surface area contributed by atoms with E-state index >= 15 is 0 Å². The molecular formula is C29H24F6N6O3S. The first-order chi connectivity index (χ1) is 21.2. The molecule has 0 unspecified atom stereocenters. The minimum atomic E-state index is -4.74. The van der Waals surface area contributed by atoms with E-state index in [0.29, 0.717) is 34.8 Å². The molecule has 2 aliphatic rings. The summed E-state index contributed by atoms with van der Waals surface area (Å²) < 4.78 is 110. The van der Waals surface area contributed by atoms with Crippen molar-refractivity contribution in [3.05, 3.63) is 95.1 Å². The molecule has 0 amide bonds. The van der Waals surface area contributed by atoms with Gasteiger partial charge in [-0.05, 0) is 73.7 Å². The number of aromatic nitrogens is 5. The van der Waals surface area contributed by atoms with Crippen LogP contribution in [0.1, 0.15) is 53.1 Å². The fraction of sp³-hybridized carbons (Fsp3) is 0.310. The van der Waals surface area contributed by atoms with Crippen molar-refractivity contribution in [1.29, 1.82) is 0 Å². The molecule has 0 saturated heterocycles. The molecule has 0 spiro atoms. The lowest BCUT2D eigenvalue weighted by Gasteiger charge is -2.45. The summed E-state index contributed by atoms with van der Waals surface area (Å²) in [6.45, 7) is -3.06. The Morgan fingerprint density at radius 2 is 1.84 bits per heavy atom. The molecule has 1 saturated carbocycles. The summed E-state index contributed by atoms with van der Waals surface area (Å²) in [6, 6.07) is 6.15. The average Bonchev–Trinajstić information content (AvgIpc) is 3.67. The maximum absolute atomic E-state index is 14.3. The van der Waals surface area contributed by atoms with E-state index in [1.54, 1.807) is 10.8 Å². The molecule has 2 atom stereocenters. The minimum Gasteiger partial charge on any atom is -0.291 e. The number of carbonyl (C=O) groups is 1. The lowest BCUT2D eigenvalue weighted by molar-refractivity contribution is -0.137. The Morgan fingerprint density at radius 1 is 1.11 bits per heavy atom. The van der Waals surface area contributed by atoms with Gasteiger partial charge in [-0.15, -0.1) is 0 Å². The highest BCUT2D eigenvalue weighted by atomic mass is 32.2. The number of fused-ring (bicyclic) bond motifs is 2. The molecule has 6 rings (SSSR count). The van der Waals surface area contributed by atoms with E-state index in [4.69, 9.17) is 0 Å². The fourth-order valence-electron chi connectivity index (χ4n) is 6.08. The van der Waals surface area contributed by atoms with Gasteiger partial charge in [0, 0.05) is 19.3 Å². The molecule has 0 N–H and O–H groups in total. The van der Waals surface area contributed by atoms with Crippen molar-refractivity contribution in [1.82, 2.24) is 28.9 Å². The first-order valence-electron chi connectivity index (χ1n) is 13.6. The van der Waals surface area contributed by atoms with Crippen LogP contribution in [-0.4, -0.2) is 56.1 Å². The molecule has 3 heterocycles. The van der Waals surface area contributed by atoms with Gasteiger partial charge in [0.05, 0.1) is 41.0 Å². The summed E-state index contributed by atoms with van der Waals surface area (Å²) >= 11 is 0. The van der Waals surface area contributed by atoms with Crippen LogP contribution in [-0.2, 0) is 22.6 Å². The predicted molar refractivity (Wildman–Crippen MR) is 147 cm³/mol. The third-order valence-electron chi connectivity index (χ3n) is 8.43. The fourth-order valence-corrected chi connectivity index (χ4v) is 7.41. The summed E-state index contributed by atoms with van der Waals surface area (Å²) in [5, 5.41) is 7.82. The van der Waals surface area contributed by atoms with E-state index in [1.165, 1.54) is 37.5 Å². The van der Waals surface area contributed by atoms with Gasteiger partial charge in [-0.3, -0.25) is 9.78 Å². The number of benzene rings is 1. The van der Waals surface area contributed by atoms with Crippen molar-refractivity contribution >= 4 is 21.9 Å². The summed E-state index contributed by atoms with van der Waals surface area (Å²) in [7, 11) is -3.09. The highest BCUT2D eigenvalue weighted by molar-refractivity contribution is 7.89. The number of halogens is 6. The Balaban J connectivity index is 1.42. The van der Waals surface area contributed by atoms with Crippen LogP contribution < -0.4 is 0 Å². The second-order valence-corrected chi connectivity index (χ2v) is 13.0. The number of Topliss-reactive ketones (excluding diaryl/α,β-unsaturated/α-hetero) is 1. The van der Waals surface area contributed by atoms with Gasteiger partial charge in [-0.25, -0.2) is 22.2 Å². The van der Waals surface area contributed by atoms with Crippen LogP contribution in [0.25, 0.3) is 11.8 Å². The summed E-state index contributed by atoms with van der Waals surface area (Å²) in [5.74, 6) is -1.17. The van der Waals surface area contributed by atoms with E-state index in [2.05, 4.69) is 15.2 Å². The summed E-state index contributed by atoms with van der Waals surface area (Å²) in [5.41, 5.74) is -0.752. The van der Waals surface area contributed by atoms with Crippen molar-refractivity contribution in [3.8, 4) is 5.69 Å². The molecule has 4 aromatic rings. The molecule has 1 aromatic carbocycles. The SMILES string of the molecule is CN([C@H]1CCC2=Cc3c(cnn3-c3ccc(F)cc3)C[C@]2(C(=O)c2cc(C(F)(F)F)ccn2)C1)S(=O)(=O)c1cnn(C(F)F)c1. The molecule has 1 fully saturated rings. The van der Waals surface area contributed by atoms with Crippen molar-refractivity contribution < 1.29 is 39.6 Å². The van der Waals surface area contributed by atoms with Gasteiger partial charge < -0.3 is 0 Å². The van der Waals surface area contributed by atoms with Crippen LogP contribution in [0, 0.1) is 11.2 Å². The summed E-state index contributed by atoms with van der Waals surface area (Å²) in [4.78, 5) is 17.8. The Labute approximate surface area is 252 Å². The van der Waals surface area contributed by atoms with E-state index in [9.17, 15) is 39.6 Å². The lowest BCUT2D eigenvalue weighted by atomic mass is 9.60. The number of rotatable bonds is 7. The number of carbonyl (C=O) groups excluding carboxylic acids is 1. The normalized spacial score (nSPS) is 20.2. The maximum atomic E-state index is 14.3. The molecule has 236 valence electrons. The zero-order valence-corrected chi connectivity index (χ0v) is 24.2. The van der Waals surface area contributed by atoms with E-state index in [-0.39, 0.29) is 30.4 Å². The smallest absolute Gasteiger partial charge is 0.291 e. The van der Waals surface area contributed by atoms with Gasteiger partial charge in [0.1, 0.15) is 16.4 Å². The number of sulfonamides is 1. The molecule has 0 aliphatic heterocycles. The first kappa shape index (κ1) is 30.7. The monoisotopic (exact) mass is 650 g/mol. The quantitative estimate of drug-likeness (QED) is 0.188. The first-order valence-corrected chi connectivity index (χ1v) is 15.1. The number of hydrogen-bond donors (Lipinski definition) is 0. The number of allylic oxidation sites excluding steroid dienone is 1. The predicted octanol–water partition coefficient (Wildman–Crippen LogP) is 5.70. The second kappa shape index (κ2) is 10.9. The molecule has 45 heavy (non-hydrogen) atoms. The van der Waals surface area contributed by atoms with Crippen LogP contribution in [0.4, 0.5) is 26.3 Å². The number of hydrogen-bond acceptors (Lipinski definition) is 6. The zero-order chi connectivity index (χ0) is 32.3. The third kappa shape index (κ3) is 5.35. The standard InChI is InChI=1S/C29H24F6N6O3S/c1-39(45(43,44)23-15-37-40(16-23)27(31)32)22-5-2-18-11-25-17(14-38-41(25)21-6-3-20(30)4-7-21)12-28(18,13-22)26(42)24-10-19(8-9-36-24)29(33,34)35/h3-4,6-11,14-16,22,27H,2,5,12-13H2,1H3/t22-,28-/m0/s1. The zero-order valence-electron chi connectivity index (χ0n) is 23.4. The Morgan fingerprint density at radius 3 is 2.51 bits per heavy atom. The Kier molecular flexibility index (Phi) is 7.47.